The van der Waals surface area contributed by atoms with Crippen LogP contribution in [0, 0.1) is 0 Å². The van der Waals surface area contributed by atoms with Crippen LogP contribution in [0.4, 0.5) is 0 Å². The van der Waals surface area contributed by atoms with Gasteiger partial charge in [0.15, 0.2) is 5.96 Å². The molecule has 0 bridgehead atoms. The van der Waals surface area contributed by atoms with Crippen molar-refractivity contribution >= 4 is 53.1 Å². The van der Waals surface area contributed by atoms with Crippen molar-refractivity contribution in [3.63, 3.8) is 0 Å². The van der Waals surface area contributed by atoms with Crippen molar-refractivity contribution in [2.24, 2.45) is 4.99 Å². The third kappa shape index (κ3) is 8.04. The van der Waals surface area contributed by atoms with Gasteiger partial charge in [-0.25, -0.2) is 0 Å². The van der Waals surface area contributed by atoms with Crippen LogP contribution in [0.5, 0.6) is 5.75 Å². The quantitative estimate of drug-likeness (QED) is 0.281. The molecule has 1 aliphatic heterocycles. The first-order valence-electron chi connectivity index (χ1n) is 8.48. The van der Waals surface area contributed by atoms with Gasteiger partial charge in [-0.2, -0.15) is 0 Å². The van der Waals surface area contributed by atoms with Gasteiger partial charge in [-0.15, -0.1) is 24.0 Å². The molecule has 2 rings (SSSR count). The molecule has 1 saturated heterocycles. The van der Waals surface area contributed by atoms with Crippen LogP contribution in [-0.4, -0.2) is 56.1 Å². The van der Waals surface area contributed by atoms with Crippen LogP contribution < -0.4 is 15.4 Å². The lowest BCUT2D eigenvalue weighted by atomic mass is 10.2. The number of aliphatic hydroxyl groups excluding tert-OH is 1. The average molecular weight is 518 g/mol. The first kappa shape index (κ1) is 23.6. The van der Waals surface area contributed by atoms with Crippen molar-refractivity contribution in [3.05, 3.63) is 28.2 Å². The molecular weight excluding hydrogens is 492 g/mol. The molecule has 1 aliphatic rings. The zero-order valence-electron chi connectivity index (χ0n) is 14.7. The van der Waals surface area contributed by atoms with Gasteiger partial charge in [0.1, 0.15) is 23.5 Å². The van der Waals surface area contributed by atoms with E-state index in [9.17, 15) is 5.11 Å². The first-order valence-corrected chi connectivity index (χ1v) is 9.24. The zero-order chi connectivity index (χ0) is 18.1. The number of ether oxygens (including phenoxy) is 2. The first-order chi connectivity index (χ1) is 12.1. The van der Waals surface area contributed by atoms with E-state index in [0.717, 1.165) is 26.0 Å². The van der Waals surface area contributed by atoms with E-state index in [-0.39, 0.29) is 43.2 Å². The molecule has 1 aromatic carbocycles. The van der Waals surface area contributed by atoms with Crippen molar-refractivity contribution < 1.29 is 14.6 Å². The Kier molecular flexibility index (Phi) is 11.6. The number of halogens is 3. The molecule has 1 aromatic rings. The van der Waals surface area contributed by atoms with Crippen LogP contribution in [0.1, 0.15) is 19.8 Å². The average Bonchev–Trinajstić information content (AvgIpc) is 3.12. The smallest absolute Gasteiger partial charge is 0.191 e. The summed E-state index contributed by atoms with van der Waals surface area (Å²) in [5, 5.41) is 17.2. The molecule has 0 spiro atoms. The Balaban J connectivity index is 0.00000338. The minimum atomic E-state index is -0.756. The van der Waals surface area contributed by atoms with Gasteiger partial charge >= 0.3 is 0 Å². The third-order valence-corrected chi connectivity index (χ3v) is 4.47. The fraction of sp³-hybridized carbons (Fsp3) is 0.588. The van der Waals surface area contributed by atoms with Gasteiger partial charge < -0.3 is 25.2 Å². The molecule has 148 valence electrons. The van der Waals surface area contributed by atoms with Gasteiger partial charge in [0.25, 0.3) is 0 Å². The molecule has 0 aromatic heterocycles. The fourth-order valence-corrected chi connectivity index (χ4v) is 2.73. The minimum absolute atomic E-state index is 0. The number of aliphatic imine (C=N–C) groups is 1. The second kappa shape index (κ2) is 12.8. The highest BCUT2D eigenvalue weighted by Crippen LogP contribution is 2.31. The van der Waals surface area contributed by atoms with E-state index in [2.05, 4.69) is 15.6 Å². The lowest BCUT2D eigenvalue weighted by Crippen LogP contribution is -2.41. The predicted molar refractivity (Wildman–Crippen MR) is 116 cm³/mol. The normalized spacial score (nSPS) is 18.2. The maximum atomic E-state index is 10.1. The van der Waals surface area contributed by atoms with E-state index >= 15 is 0 Å². The molecule has 26 heavy (non-hydrogen) atoms. The molecule has 3 N–H and O–H groups in total. The van der Waals surface area contributed by atoms with Gasteiger partial charge in [-0.3, -0.25) is 4.99 Å². The molecule has 0 aliphatic carbocycles. The SMILES string of the molecule is CCNC(=NCC(O)COc1cccc(Cl)c1Cl)NCC1CCCO1.I. The lowest BCUT2D eigenvalue weighted by Gasteiger charge is -2.16. The van der Waals surface area contributed by atoms with Gasteiger partial charge in [0.05, 0.1) is 17.7 Å². The number of nitrogens with one attached hydrogen (secondary N) is 2. The van der Waals surface area contributed by atoms with Gasteiger partial charge in [0.2, 0.25) is 0 Å². The van der Waals surface area contributed by atoms with Gasteiger partial charge in [0, 0.05) is 19.7 Å². The molecule has 2 atom stereocenters. The second-order valence-corrected chi connectivity index (χ2v) is 6.54. The standard InChI is InChI=1S/C17H25Cl2N3O3.HI/c1-2-20-17(22-10-13-5-4-8-24-13)21-9-12(23)11-25-15-7-3-6-14(18)16(15)19;/h3,6-7,12-13,23H,2,4-5,8-11H2,1H3,(H2,20,21,22);1H. The number of hydrogen-bond donors (Lipinski definition) is 3. The number of nitrogens with zero attached hydrogens (tertiary/aromatic N) is 1. The Hall–Kier alpha value is -0.480. The Morgan fingerprint density at radius 2 is 2.23 bits per heavy atom. The number of rotatable bonds is 8. The van der Waals surface area contributed by atoms with Gasteiger partial charge in [-0.1, -0.05) is 29.3 Å². The van der Waals surface area contributed by atoms with Crippen molar-refractivity contribution in [2.75, 3.05) is 32.8 Å². The van der Waals surface area contributed by atoms with Crippen molar-refractivity contribution in [1.29, 1.82) is 0 Å². The van der Waals surface area contributed by atoms with E-state index in [1.807, 2.05) is 6.92 Å². The number of benzene rings is 1. The molecule has 0 radical (unpaired) electrons. The van der Waals surface area contributed by atoms with Crippen molar-refractivity contribution in [1.82, 2.24) is 10.6 Å². The Morgan fingerprint density at radius 1 is 1.42 bits per heavy atom. The molecule has 0 amide bonds. The predicted octanol–water partition coefficient (Wildman–Crippen LogP) is 3.09. The Morgan fingerprint density at radius 3 is 2.92 bits per heavy atom. The monoisotopic (exact) mass is 517 g/mol. The molecule has 1 heterocycles. The summed E-state index contributed by atoms with van der Waals surface area (Å²) in [5.74, 6) is 1.10. The fourth-order valence-electron chi connectivity index (χ4n) is 2.39. The molecule has 0 saturated carbocycles. The maximum absolute atomic E-state index is 10.1. The summed E-state index contributed by atoms with van der Waals surface area (Å²) in [6, 6.07) is 5.13. The Labute approximate surface area is 181 Å². The van der Waals surface area contributed by atoms with Crippen LogP contribution in [0.15, 0.2) is 23.2 Å². The van der Waals surface area contributed by atoms with E-state index in [1.165, 1.54) is 0 Å². The number of guanidine groups is 1. The van der Waals surface area contributed by atoms with Crippen LogP contribution >= 0.6 is 47.2 Å². The van der Waals surface area contributed by atoms with E-state index < -0.39 is 6.10 Å². The van der Waals surface area contributed by atoms with Crippen LogP contribution in [0.3, 0.4) is 0 Å². The summed E-state index contributed by atoms with van der Waals surface area (Å²) >= 11 is 12.0. The number of hydrogen-bond acceptors (Lipinski definition) is 4. The van der Waals surface area contributed by atoms with Crippen LogP contribution in [-0.2, 0) is 4.74 Å². The Bertz CT molecular complexity index is 572. The summed E-state index contributed by atoms with van der Waals surface area (Å²) < 4.78 is 11.1. The molecule has 9 heteroatoms. The molecular formula is C17H26Cl2IN3O3. The van der Waals surface area contributed by atoms with E-state index in [0.29, 0.717) is 28.3 Å². The summed E-state index contributed by atoms with van der Waals surface area (Å²) in [5.41, 5.74) is 0. The van der Waals surface area contributed by atoms with Gasteiger partial charge in [-0.05, 0) is 31.9 Å². The zero-order valence-corrected chi connectivity index (χ0v) is 18.6. The molecule has 6 nitrogen and oxygen atoms in total. The molecule has 2 unspecified atom stereocenters. The maximum Gasteiger partial charge on any atom is 0.191 e. The highest BCUT2D eigenvalue weighted by atomic mass is 127. The summed E-state index contributed by atoms with van der Waals surface area (Å²) in [6.45, 7) is 4.54. The minimum Gasteiger partial charge on any atom is -0.489 e. The van der Waals surface area contributed by atoms with Crippen LogP contribution in [0.2, 0.25) is 10.0 Å². The third-order valence-electron chi connectivity index (χ3n) is 3.67. The highest BCUT2D eigenvalue weighted by molar-refractivity contribution is 14.0. The highest BCUT2D eigenvalue weighted by Gasteiger charge is 2.15. The van der Waals surface area contributed by atoms with E-state index in [1.54, 1.807) is 18.2 Å². The summed E-state index contributed by atoms with van der Waals surface area (Å²) in [4.78, 5) is 4.38. The lowest BCUT2D eigenvalue weighted by molar-refractivity contribution is 0.112. The summed E-state index contributed by atoms with van der Waals surface area (Å²) in [6.07, 6.45) is 1.63. The largest absolute Gasteiger partial charge is 0.489 e. The van der Waals surface area contributed by atoms with E-state index in [4.69, 9.17) is 32.7 Å². The number of aliphatic hydroxyl groups is 1. The summed E-state index contributed by atoms with van der Waals surface area (Å²) in [7, 11) is 0. The molecule has 1 fully saturated rings. The van der Waals surface area contributed by atoms with Crippen molar-refractivity contribution in [2.45, 2.75) is 32.0 Å². The van der Waals surface area contributed by atoms with Crippen molar-refractivity contribution in [3.8, 4) is 5.75 Å². The van der Waals surface area contributed by atoms with Crippen LogP contribution in [0.25, 0.3) is 0 Å². The topological polar surface area (TPSA) is 75.1 Å². The second-order valence-electron chi connectivity index (χ2n) is 5.75.